The van der Waals surface area contributed by atoms with Crippen molar-refractivity contribution >= 4 is 5.95 Å². The Bertz CT molecular complexity index is 259. The number of quaternary nitrogens is 1. The number of rotatable bonds is 1. The van der Waals surface area contributed by atoms with Crippen molar-refractivity contribution in [1.29, 1.82) is 0 Å². The van der Waals surface area contributed by atoms with Crippen LogP contribution in [0.25, 0.3) is 0 Å². The summed E-state index contributed by atoms with van der Waals surface area (Å²) in [5, 5.41) is 0. The van der Waals surface area contributed by atoms with Gasteiger partial charge in [-0.05, 0) is 6.07 Å². The molecule has 1 aromatic rings. The molecule has 1 aliphatic rings. The van der Waals surface area contributed by atoms with Gasteiger partial charge in [-0.3, -0.25) is 0 Å². The highest BCUT2D eigenvalue weighted by Crippen LogP contribution is 2.12. The van der Waals surface area contributed by atoms with Crippen LogP contribution in [0.4, 0.5) is 5.95 Å². The second-order valence-corrected chi connectivity index (χ2v) is 3.48. The van der Waals surface area contributed by atoms with Gasteiger partial charge in [0.2, 0.25) is 5.95 Å². The van der Waals surface area contributed by atoms with Gasteiger partial charge >= 0.3 is 0 Å². The number of halogens is 1. The maximum atomic E-state index is 4.22. The highest BCUT2D eigenvalue weighted by molar-refractivity contribution is 5.28. The van der Waals surface area contributed by atoms with Crippen molar-refractivity contribution in [2.75, 3.05) is 18.0 Å². The minimum Gasteiger partial charge on any atom is -1.00 e. The quantitative estimate of drug-likeness (QED) is 0.533. The first kappa shape index (κ1) is 11.2. The van der Waals surface area contributed by atoms with Crippen LogP contribution < -0.4 is 23.0 Å². The van der Waals surface area contributed by atoms with Gasteiger partial charge in [0.25, 0.3) is 0 Å². The molecule has 1 saturated heterocycles. The van der Waals surface area contributed by atoms with Gasteiger partial charge in [0, 0.05) is 38.3 Å². The molecule has 1 aliphatic heterocycles. The minimum atomic E-state index is 0. The molecular weight excluding hydrogens is 200 g/mol. The molecule has 2 heterocycles. The molecule has 0 aliphatic carbocycles. The number of anilines is 1. The van der Waals surface area contributed by atoms with Gasteiger partial charge in [0.1, 0.15) is 0 Å². The van der Waals surface area contributed by atoms with Crippen molar-refractivity contribution in [2.24, 2.45) is 0 Å². The lowest BCUT2D eigenvalue weighted by molar-refractivity contribution is -0.423. The zero-order valence-electron chi connectivity index (χ0n) is 8.06. The van der Waals surface area contributed by atoms with Gasteiger partial charge in [-0.15, -0.1) is 0 Å². The van der Waals surface area contributed by atoms with E-state index in [0.29, 0.717) is 6.04 Å². The number of hydrogen-bond acceptors (Lipinski definition) is 3. The van der Waals surface area contributed by atoms with Crippen LogP contribution in [-0.4, -0.2) is 29.1 Å². The zero-order valence-corrected chi connectivity index (χ0v) is 8.82. The molecule has 0 bridgehead atoms. The van der Waals surface area contributed by atoms with E-state index in [2.05, 4.69) is 20.6 Å². The minimum absolute atomic E-state index is 0. The van der Waals surface area contributed by atoms with Crippen LogP contribution in [0.15, 0.2) is 18.5 Å². The van der Waals surface area contributed by atoms with E-state index in [-0.39, 0.29) is 12.4 Å². The SMILES string of the molecule is [Cl-].[NH3+]C1CCN(c2ncccn2)CC1. The van der Waals surface area contributed by atoms with Gasteiger partial charge in [-0.2, -0.15) is 0 Å². The van der Waals surface area contributed by atoms with E-state index in [4.69, 9.17) is 0 Å². The van der Waals surface area contributed by atoms with Crippen LogP contribution in [0.5, 0.6) is 0 Å². The van der Waals surface area contributed by atoms with Crippen LogP contribution in [0.2, 0.25) is 0 Å². The van der Waals surface area contributed by atoms with E-state index in [1.807, 2.05) is 6.07 Å². The van der Waals surface area contributed by atoms with E-state index in [1.165, 1.54) is 0 Å². The molecule has 0 saturated carbocycles. The number of hydrogen-bond donors (Lipinski definition) is 1. The highest BCUT2D eigenvalue weighted by Gasteiger charge is 2.19. The van der Waals surface area contributed by atoms with Gasteiger partial charge in [0.15, 0.2) is 0 Å². The molecule has 78 valence electrons. The molecule has 3 N–H and O–H groups in total. The first-order valence-corrected chi connectivity index (χ1v) is 4.71. The highest BCUT2D eigenvalue weighted by atomic mass is 35.5. The summed E-state index contributed by atoms with van der Waals surface area (Å²) in [5.41, 5.74) is 4.06. The van der Waals surface area contributed by atoms with Crippen molar-refractivity contribution in [3.63, 3.8) is 0 Å². The molecule has 1 fully saturated rings. The van der Waals surface area contributed by atoms with Crippen LogP contribution in [0.1, 0.15) is 12.8 Å². The summed E-state index contributed by atoms with van der Waals surface area (Å²) in [4.78, 5) is 10.7. The average molecular weight is 215 g/mol. The molecule has 0 spiro atoms. The molecular formula is C9H15ClN4. The van der Waals surface area contributed by atoms with Gasteiger partial charge in [0.05, 0.1) is 6.04 Å². The first-order valence-electron chi connectivity index (χ1n) is 4.71. The Labute approximate surface area is 89.9 Å². The van der Waals surface area contributed by atoms with Crippen LogP contribution >= 0.6 is 0 Å². The summed E-state index contributed by atoms with van der Waals surface area (Å²) in [6.45, 7) is 2.08. The fraction of sp³-hybridized carbons (Fsp3) is 0.556. The van der Waals surface area contributed by atoms with Gasteiger partial charge in [-0.1, -0.05) is 0 Å². The van der Waals surface area contributed by atoms with E-state index in [0.717, 1.165) is 31.9 Å². The smallest absolute Gasteiger partial charge is 0.225 e. The van der Waals surface area contributed by atoms with Crippen LogP contribution in [0, 0.1) is 0 Å². The van der Waals surface area contributed by atoms with E-state index in [1.54, 1.807) is 12.4 Å². The van der Waals surface area contributed by atoms with E-state index >= 15 is 0 Å². The first-order chi connectivity index (χ1) is 6.36. The van der Waals surface area contributed by atoms with Gasteiger partial charge < -0.3 is 23.0 Å². The monoisotopic (exact) mass is 214 g/mol. The molecule has 14 heavy (non-hydrogen) atoms. The lowest BCUT2D eigenvalue weighted by Crippen LogP contribution is -3.00. The molecule has 5 heteroatoms. The summed E-state index contributed by atoms with van der Waals surface area (Å²) in [5.74, 6) is 0.856. The van der Waals surface area contributed by atoms with Crippen molar-refractivity contribution in [1.82, 2.24) is 9.97 Å². The van der Waals surface area contributed by atoms with Crippen LogP contribution in [0.3, 0.4) is 0 Å². The lowest BCUT2D eigenvalue weighted by atomic mass is 10.1. The molecule has 2 rings (SSSR count). The second kappa shape index (κ2) is 5.12. The Balaban J connectivity index is 0.000000980. The Kier molecular flexibility index (Phi) is 4.10. The predicted octanol–water partition coefficient (Wildman–Crippen LogP) is -3.31. The molecule has 0 amide bonds. The third-order valence-electron chi connectivity index (χ3n) is 2.45. The number of nitrogens with zero attached hydrogens (tertiary/aromatic N) is 3. The van der Waals surface area contributed by atoms with Crippen molar-refractivity contribution in [3.05, 3.63) is 18.5 Å². The lowest BCUT2D eigenvalue weighted by Gasteiger charge is -2.28. The topological polar surface area (TPSA) is 56.7 Å². The molecule has 1 aromatic heterocycles. The molecule has 0 atom stereocenters. The van der Waals surface area contributed by atoms with Crippen molar-refractivity contribution in [2.45, 2.75) is 18.9 Å². The fourth-order valence-corrected chi connectivity index (χ4v) is 1.59. The maximum Gasteiger partial charge on any atom is 0.225 e. The normalized spacial score (nSPS) is 17.6. The third kappa shape index (κ3) is 2.56. The summed E-state index contributed by atoms with van der Waals surface area (Å²) < 4.78 is 0. The van der Waals surface area contributed by atoms with E-state index < -0.39 is 0 Å². The summed E-state index contributed by atoms with van der Waals surface area (Å²) >= 11 is 0. The molecule has 0 unspecified atom stereocenters. The Morgan fingerprint density at radius 3 is 2.36 bits per heavy atom. The summed E-state index contributed by atoms with van der Waals surface area (Å²) in [6.07, 6.45) is 5.88. The predicted molar refractivity (Wildman–Crippen MR) is 50.2 cm³/mol. The largest absolute Gasteiger partial charge is 1.00 e. The number of aromatic nitrogens is 2. The van der Waals surface area contributed by atoms with Crippen molar-refractivity contribution in [3.8, 4) is 0 Å². The average Bonchev–Trinajstić information content (AvgIpc) is 2.20. The Morgan fingerprint density at radius 1 is 1.21 bits per heavy atom. The zero-order chi connectivity index (χ0) is 9.10. The third-order valence-corrected chi connectivity index (χ3v) is 2.45. The van der Waals surface area contributed by atoms with E-state index in [9.17, 15) is 0 Å². The Morgan fingerprint density at radius 2 is 1.79 bits per heavy atom. The summed E-state index contributed by atoms with van der Waals surface area (Å²) in [7, 11) is 0. The van der Waals surface area contributed by atoms with Crippen molar-refractivity contribution < 1.29 is 18.1 Å². The number of piperidine rings is 1. The Hall–Kier alpha value is -0.870. The standard InChI is InChI=1S/C9H14N4.ClH/c10-8-2-6-13(7-3-8)9-11-4-1-5-12-9;/h1,4-5,8H,2-3,6-7,10H2;1H. The fourth-order valence-electron chi connectivity index (χ4n) is 1.59. The summed E-state index contributed by atoms with van der Waals surface area (Å²) in [6, 6.07) is 2.46. The van der Waals surface area contributed by atoms with Gasteiger partial charge in [-0.25, -0.2) is 9.97 Å². The maximum absolute atomic E-state index is 4.22. The van der Waals surface area contributed by atoms with Crippen LogP contribution in [-0.2, 0) is 0 Å². The molecule has 0 aromatic carbocycles. The molecule has 0 radical (unpaired) electrons. The molecule has 4 nitrogen and oxygen atoms in total. The second-order valence-electron chi connectivity index (χ2n) is 3.48.